The van der Waals surface area contributed by atoms with Crippen molar-refractivity contribution in [2.45, 2.75) is 33.1 Å². The summed E-state index contributed by atoms with van der Waals surface area (Å²) in [6, 6.07) is 0. The van der Waals surface area contributed by atoms with Crippen LogP contribution in [0.3, 0.4) is 0 Å². The van der Waals surface area contributed by atoms with Gasteiger partial charge in [-0.05, 0) is 33.1 Å². The van der Waals surface area contributed by atoms with Crippen LogP contribution in [-0.2, 0) is 24.2 Å². The molecule has 1 aliphatic rings. The summed E-state index contributed by atoms with van der Waals surface area (Å²) >= 11 is 0. The van der Waals surface area contributed by atoms with E-state index in [4.69, 9.17) is 4.74 Å². The van der Waals surface area contributed by atoms with Crippen LogP contribution < -0.4 is 0 Å². The number of carboxylic acid groups (broad SMARTS) is 1. The van der Waals surface area contributed by atoms with E-state index in [9.17, 15) is 23.1 Å². The molecular formula is C14H22O6S. The normalized spacial score (nSPS) is 23.2. The summed E-state index contributed by atoms with van der Waals surface area (Å²) in [4.78, 5) is 24.1. The molecule has 7 heteroatoms. The second kappa shape index (κ2) is 6.60. The average Bonchev–Trinajstić information content (AvgIpc) is 2.70. The summed E-state index contributed by atoms with van der Waals surface area (Å²) in [5.74, 6) is -3.28. The number of hydrogen-bond donors (Lipinski definition) is 1. The molecule has 0 aliphatic carbocycles. The molecule has 1 saturated heterocycles. The van der Waals surface area contributed by atoms with Crippen LogP contribution in [0, 0.1) is 11.3 Å². The minimum atomic E-state index is -3.29. The van der Waals surface area contributed by atoms with Gasteiger partial charge >= 0.3 is 11.9 Å². The fraction of sp³-hybridized carbons (Fsp3) is 0.714. The zero-order valence-corrected chi connectivity index (χ0v) is 13.2. The van der Waals surface area contributed by atoms with Crippen molar-refractivity contribution in [3.05, 3.63) is 12.2 Å². The van der Waals surface area contributed by atoms with Crippen molar-refractivity contribution in [3.63, 3.8) is 0 Å². The largest absolute Gasteiger partial charge is 0.480 e. The van der Waals surface area contributed by atoms with Crippen LogP contribution in [0.15, 0.2) is 12.2 Å². The summed E-state index contributed by atoms with van der Waals surface area (Å²) in [5, 5.41) is 9.64. The van der Waals surface area contributed by atoms with Crippen molar-refractivity contribution >= 4 is 21.8 Å². The fourth-order valence-corrected chi connectivity index (χ4v) is 4.57. The molecule has 1 aliphatic heterocycles. The highest BCUT2D eigenvalue weighted by atomic mass is 32.2. The molecule has 21 heavy (non-hydrogen) atoms. The molecule has 0 radical (unpaired) electrons. The van der Waals surface area contributed by atoms with Crippen LogP contribution in [0.5, 0.6) is 0 Å². The number of carbonyl (C=O) groups is 2. The molecule has 1 heterocycles. The summed E-state index contributed by atoms with van der Waals surface area (Å²) in [7, 11) is -3.29. The third kappa shape index (κ3) is 3.84. The lowest BCUT2D eigenvalue weighted by molar-refractivity contribution is -0.173. The van der Waals surface area contributed by atoms with Gasteiger partial charge in [-0.1, -0.05) is 5.57 Å². The Morgan fingerprint density at radius 2 is 2.05 bits per heavy atom. The van der Waals surface area contributed by atoms with Crippen molar-refractivity contribution < 1.29 is 27.9 Å². The van der Waals surface area contributed by atoms with Gasteiger partial charge in [0.1, 0.15) is 0 Å². The first-order valence-electron chi connectivity index (χ1n) is 6.91. The quantitative estimate of drug-likeness (QED) is 0.433. The van der Waals surface area contributed by atoms with Crippen LogP contribution in [0.2, 0.25) is 0 Å². The topological polar surface area (TPSA) is 97.7 Å². The number of esters is 1. The lowest BCUT2D eigenvalue weighted by atomic mass is 9.71. The summed E-state index contributed by atoms with van der Waals surface area (Å²) in [6.07, 6.45) is 0.516. The molecule has 0 spiro atoms. The molecule has 1 rings (SSSR count). The van der Waals surface area contributed by atoms with Gasteiger partial charge in [-0.25, -0.2) is 8.42 Å². The average molecular weight is 318 g/mol. The maximum absolute atomic E-state index is 12.3. The Labute approximate surface area is 125 Å². The molecule has 0 aromatic carbocycles. The van der Waals surface area contributed by atoms with E-state index in [1.54, 1.807) is 13.8 Å². The monoisotopic (exact) mass is 318 g/mol. The molecule has 1 fully saturated rings. The highest BCUT2D eigenvalue weighted by Crippen LogP contribution is 2.42. The van der Waals surface area contributed by atoms with Crippen molar-refractivity contribution in [2.75, 3.05) is 18.1 Å². The number of aliphatic carboxylic acids is 1. The molecule has 0 aromatic heterocycles. The van der Waals surface area contributed by atoms with Crippen LogP contribution >= 0.6 is 0 Å². The summed E-state index contributed by atoms with van der Waals surface area (Å²) in [6.45, 7) is 7.10. The van der Waals surface area contributed by atoms with Crippen LogP contribution in [-0.4, -0.2) is 43.6 Å². The fourth-order valence-electron chi connectivity index (χ4n) is 2.70. The molecule has 1 N–H and O–H groups in total. The number of hydrogen-bond acceptors (Lipinski definition) is 5. The second-order valence-electron chi connectivity index (χ2n) is 5.55. The minimum absolute atomic E-state index is 0.0106. The van der Waals surface area contributed by atoms with E-state index in [1.807, 2.05) is 0 Å². The second-order valence-corrected chi connectivity index (χ2v) is 7.78. The Bertz CT molecular complexity index is 536. The third-order valence-electron chi connectivity index (χ3n) is 3.90. The molecule has 6 nitrogen and oxygen atoms in total. The summed E-state index contributed by atoms with van der Waals surface area (Å²) < 4.78 is 28.3. The minimum Gasteiger partial charge on any atom is -0.480 e. The van der Waals surface area contributed by atoms with Crippen molar-refractivity contribution in [1.82, 2.24) is 0 Å². The van der Waals surface area contributed by atoms with Crippen molar-refractivity contribution in [3.8, 4) is 0 Å². The predicted molar refractivity (Wildman–Crippen MR) is 77.5 cm³/mol. The lowest BCUT2D eigenvalue weighted by Crippen LogP contribution is -2.47. The van der Waals surface area contributed by atoms with Gasteiger partial charge in [0.2, 0.25) is 0 Å². The van der Waals surface area contributed by atoms with E-state index in [0.29, 0.717) is 6.42 Å². The molecular weight excluding hydrogens is 296 g/mol. The van der Waals surface area contributed by atoms with Crippen molar-refractivity contribution in [2.24, 2.45) is 11.3 Å². The van der Waals surface area contributed by atoms with Gasteiger partial charge in [0.15, 0.2) is 15.3 Å². The number of sulfone groups is 1. The van der Waals surface area contributed by atoms with E-state index in [-0.39, 0.29) is 31.0 Å². The van der Waals surface area contributed by atoms with Gasteiger partial charge in [-0.15, -0.1) is 6.58 Å². The number of carbonyl (C=O) groups excluding carboxylic acids is 1. The smallest absolute Gasteiger partial charge is 0.323 e. The van der Waals surface area contributed by atoms with E-state index in [2.05, 4.69) is 6.58 Å². The van der Waals surface area contributed by atoms with Crippen LogP contribution in [0.25, 0.3) is 0 Å². The third-order valence-corrected chi connectivity index (χ3v) is 5.66. The van der Waals surface area contributed by atoms with E-state index in [0.717, 1.165) is 5.57 Å². The highest BCUT2D eigenvalue weighted by Gasteiger charge is 2.56. The summed E-state index contributed by atoms with van der Waals surface area (Å²) in [5.41, 5.74) is -1.07. The molecule has 120 valence electrons. The van der Waals surface area contributed by atoms with E-state index >= 15 is 0 Å². The molecule has 0 aromatic rings. The van der Waals surface area contributed by atoms with Gasteiger partial charge < -0.3 is 9.84 Å². The number of carboxylic acids is 1. The number of allylic oxidation sites excluding steroid dienone is 1. The molecule has 0 bridgehead atoms. The zero-order valence-electron chi connectivity index (χ0n) is 12.4. The first-order valence-corrected chi connectivity index (χ1v) is 8.73. The standard InChI is InChI=1S/C14H22O6S/c1-4-20-13(17)14(12(15)16,7-5-10(2)3)11-6-8-21(18,19)9-11/h11H,2,4-9H2,1,3H3,(H,15,16). The predicted octanol–water partition coefficient (Wildman–Crippen LogP) is 1.41. The Hall–Kier alpha value is -1.37. The highest BCUT2D eigenvalue weighted by molar-refractivity contribution is 7.91. The molecule has 2 atom stereocenters. The lowest BCUT2D eigenvalue weighted by Gasteiger charge is -2.32. The van der Waals surface area contributed by atoms with E-state index < -0.39 is 33.1 Å². The van der Waals surface area contributed by atoms with Gasteiger partial charge in [-0.2, -0.15) is 0 Å². The Morgan fingerprint density at radius 3 is 2.43 bits per heavy atom. The molecule has 0 saturated carbocycles. The Balaban J connectivity index is 3.20. The first kappa shape index (κ1) is 17.7. The zero-order chi connectivity index (χ0) is 16.3. The first-order chi connectivity index (χ1) is 9.65. The van der Waals surface area contributed by atoms with Gasteiger partial charge in [0.25, 0.3) is 0 Å². The van der Waals surface area contributed by atoms with Crippen LogP contribution in [0.1, 0.15) is 33.1 Å². The Morgan fingerprint density at radius 1 is 1.43 bits per heavy atom. The molecule has 2 unspecified atom stereocenters. The van der Waals surface area contributed by atoms with Crippen molar-refractivity contribution in [1.29, 1.82) is 0 Å². The van der Waals surface area contributed by atoms with Crippen LogP contribution in [0.4, 0.5) is 0 Å². The van der Waals surface area contributed by atoms with Gasteiger partial charge in [0.05, 0.1) is 18.1 Å². The van der Waals surface area contributed by atoms with Gasteiger partial charge in [0, 0.05) is 5.92 Å². The molecule has 0 amide bonds. The maximum Gasteiger partial charge on any atom is 0.323 e. The SMILES string of the molecule is C=C(C)CCC(C(=O)O)(C(=O)OCC)C1CCS(=O)(=O)C1. The van der Waals surface area contributed by atoms with E-state index in [1.165, 1.54) is 0 Å². The number of rotatable bonds is 7. The van der Waals surface area contributed by atoms with Gasteiger partial charge in [-0.3, -0.25) is 9.59 Å². The number of ether oxygens (including phenoxy) is 1. The Kier molecular flexibility index (Phi) is 5.55. The maximum atomic E-state index is 12.3.